The lowest BCUT2D eigenvalue weighted by molar-refractivity contribution is 0.0937. The second kappa shape index (κ2) is 8.99. The van der Waals surface area contributed by atoms with Gasteiger partial charge in [-0.15, -0.1) is 0 Å². The Bertz CT molecular complexity index is 713. The average Bonchev–Trinajstić information content (AvgIpc) is 3.19. The number of hydrogen-bond donors (Lipinski definition) is 1. The molecule has 5 nitrogen and oxygen atoms in total. The van der Waals surface area contributed by atoms with Gasteiger partial charge < -0.3 is 10.2 Å². The van der Waals surface area contributed by atoms with Gasteiger partial charge in [0.25, 0.3) is 5.91 Å². The van der Waals surface area contributed by atoms with Gasteiger partial charge in [0.15, 0.2) is 0 Å². The molecule has 29 heavy (non-hydrogen) atoms. The molecule has 0 bridgehead atoms. The predicted molar refractivity (Wildman–Crippen MR) is 116 cm³/mol. The van der Waals surface area contributed by atoms with Crippen molar-refractivity contribution in [2.45, 2.75) is 72.4 Å². The van der Waals surface area contributed by atoms with E-state index >= 15 is 0 Å². The Kier molecular flexibility index (Phi) is 6.82. The third kappa shape index (κ3) is 5.08. The van der Waals surface area contributed by atoms with Crippen LogP contribution < -0.4 is 10.2 Å². The molecule has 1 unspecified atom stereocenters. The van der Waals surface area contributed by atoms with Gasteiger partial charge in [-0.2, -0.15) is 4.39 Å². The van der Waals surface area contributed by atoms with Gasteiger partial charge >= 0.3 is 0 Å². The summed E-state index contributed by atoms with van der Waals surface area (Å²) >= 11 is 0. The normalized spacial score (nSPS) is 23.6. The minimum Gasteiger partial charge on any atom is -0.365 e. The van der Waals surface area contributed by atoms with Crippen molar-refractivity contribution in [2.24, 2.45) is 11.3 Å². The molecule has 1 amide bonds. The number of piperazine rings is 1. The van der Waals surface area contributed by atoms with Crippen LogP contribution in [0.2, 0.25) is 0 Å². The number of pyridine rings is 1. The van der Waals surface area contributed by atoms with Gasteiger partial charge in [0.1, 0.15) is 5.69 Å². The van der Waals surface area contributed by atoms with Crippen molar-refractivity contribution in [3.63, 3.8) is 0 Å². The summed E-state index contributed by atoms with van der Waals surface area (Å²) in [6, 6.07) is 3.98. The smallest absolute Gasteiger partial charge is 0.270 e. The average molecular weight is 405 g/mol. The number of hydrogen-bond acceptors (Lipinski definition) is 4. The summed E-state index contributed by atoms with van der Waals surface area (Å²) in [5.41, 5.74) is 1.06. The van der Waals surface area contributed by atoms with E-state index in [1.807, 2.05) is 13.8 Å². The Balaban J connectivity index is 1.56. The van der Waals surface area contributed by atoms with Crippen LogP contribution in [0.5, 0.6) is 0 Å². The van der Waals surface area contributed by atoms with Crippen molar-refractivity contribution >= 4 is 11.6 Å². The minimum atomic E-state index is -0.555. The number of nitrogens with one attached hydrogen (secondary N) is 1. The number of aromatic nitrogens is 1. The van der Waals surface area contributed by atoms with Crippen molar-refractivity contribution in [1.29, 1.82) is 0 Å². The summed E-state index contributed by atoms with van der Waals surface area (Å²) in [7, 11) is 0. The summed E-state index contributed by atoms with van der Waals surface area (Å²) in [4.78, 5) is 20.6. The van der Waals surface area contributed by atoms with Crippen molar-refractivity contribution < 1.29 is 9.18 Å². The van der Waals surface area contributed by atoms with E-state index in [4.69, 9.17) is 0 Å². The fourth-order valence-corrected chi connectivity index (χ4v) is 4.74. The zero-order valence-corrected chi connectivity index (χ0v) is 18.7. The zero-order valence-electron chi connectivity index (χ0n) is 18.7. The highest BCUT2D eigenvalue weighted by molar-refractivity contribution is 5.92. The van der Waals surface area contributed by atoms with Gasteiger partial charge in [0.05, 0.1) is 5.69 Å². The molecule has 1 saturated carbocycles. The molecule has 0 spiro atoms. The third-order valence-corrected chi connectivity index (χ3v) is 7.07. The topological polar surface area (TPSA) is 48.5 Å². The monoisotopic (exact) mass is 404 g/mol. The summed E-state index contributed by atoms with van der Waals surface area (Å²) in [6.45, 7) is 14.4. The van der Waals surface area contributed by atoms with Gasteiger partial charge in [-0.05, 0) is 56.6 Å². The summed E-state index contributed by atoms with van der Waals surface area (Å²) in [5, 5.41) is 2.75. The number of carbonyl (C=O) groups is 1. The zero-order chi connectivity index (χ0) is 21.2. The lowest BCUT2D eigenvalue weighted by atomic mass is 9.76. The quantitative estimate of drug-likeness (QED) is 0.726. The van der Waals surface area contributed by atoms with E-state index < -0.39 is 5.95 Å². The van der Waals surface area contributed by atoms with E-state index in [0.29, 0.717) is 17.1 Å². The lowest BCUT2D eigenvalue weighted by Gasteiger charge is -2.39. The highest BCUT2D eigenvalue weighted by Crippen LogP contribution is 2.43. The fraction of sp³-hybridized carbons (Fsp3) is 0.739. The van der Waals surface area contributed by atoms with Crippen LogP contribution in [0.3, 0.4) is 0 Å². The number of halogens is 1. The molecule has 1 aromatic heterocycles. The first kappa shape index (κ1) is 22.0. The molecular formula is C23H37FN4O. The number of carbonyl (C=O) groups excluding carboxylic acids is 1. The predicted octanol–water partition coefficient (Wildman–Crippen LogP) is 4.09. The summed E-state index contributed by atoms with van der Waals surface area (Å²) in [6.07, 6.45) is 5.12. The number of nitrogens with zero attached hydrogens (tertiary/aromatic N) is 3. The molecule has 1 aromatic rings. The van der Waals surface area contributed by atoms with Gasteiger partial charge in [-0.1, -0.05) is 27.2 Å². The Hall–Kier alpha value is -1.69. The van der Waals surface area contributed by atoms with Crippen LogP contribution in [0.4, 0.5) is 10.1 Å². The van der Waals surface area contributed by atoms with E-state index in [1.165, 1.54) is 25.7 Å². The number of amides is 1. The van der Waals surface area contributed by atoms with Gasteiger partial charge in [0.2, 0.25) is 5.95 Å². The molecule has 2 heterocycles. The van der Waals surface area contributed by atoms with Crippen LogP contribution in [0.25, 0.3) is 0 Å². The number of anilines is 1. The fourth-order valence-electron chi connectivity index (χ4n) is 4.74. The highest BCUT2D eigenvalue weighted by Gasteiger charge is 2.37. The standard InChI is InChI=1S/C23H37FN4O/c1-6-23(4,5)17-7-8-18(15-17)27-11-13-28(14-12-27)20-10-9-19(26-21(20)24)22(29)25-16(2)3/h9-10,16-18H,6-8,11-15H2,1-5H3,(H,25,29)/t17?,18-/m1/s1. The van der Waals surface area contributed by atoms with E-state index in [0.717, 1.165) is 32.1 Å². The molecular weight excluding hydrogens is 367 g/mol. The van der Waals surface area contributed by atoms with E-state index in [-0.39, 0.29) is 17.6 Å². The summed E-state index contributed by atoms with van der Waals surface area (Å²) < 4.78 is 14.6. The molecule has 1 aliphatic carbocycles. The van der Waals surface area contributed by atoms with E-state index in [9.17, 15) is 9.18 Å². The molecule has 2 aliphatic rings. The van der Waals surface area contributed by atoms with Crippen molar-refractivity contribution in [1.82, 2.24) is 15.2 Å². The molecule has 3 rings (SSSR count). The molecule has 2 atom stereocenters. The molecule has 2 fully saturated rings. The largest absolute Gasteiger partial charge is 0.365 e. The van der Waals surface area contributed by atoms with Crippen molar-refractivity contribution in [3.8, 4) is 0 Å². The van der Waals surface area contributed by atoms with Crippen molar-refractivity contribution in [2.75, 3.05) is 31.1 Å². The molecule has 6 heteroatoms. The Labute approximate surface area is 175 Å². The minimum absolute atomic E-state index is 0.00167. The maximum absolute atomic E-state index is 14.6. The van der Waals surface area contributed by atoms with Crippen LogP contribution in [-0.2, 0) is 0 Å². The molecule has 1 N–H and O–H groups in total. The van der Waals surface area contributed by atoms with Crippen LogP contribution in [-0.4, -0.2) is 54.1 Å². The van der Waals surface area contributed by atoms with E-state index in [1.54, 1.807) is 12.1 Å². The Morgan fingerprint density at radius 1 is 1.24 bits per heavy atom. The van der Waals surface area contributed by atoms with Crippen molar-refractivity contribution in [3.05, 3.63) is 23.8 Å². The van der Waals surface area contributed by atoms with Gasteiger partial charge in [-0.3, -0.25) is 9.69 Å². The Morgan fingerprint density at radius 2 is 1.93 bits per heavy atom. The van der Waals surface area contributed by atoms with Crippen LogP contribution in [0.1, 0.15) is 70.8 Å². The van der Waals surface area contributed by atoms with E-state index in [2.05, 4.69) is 40.9 Å². The maximum atomic E-state index is 14.6. The van der Waals surface area contributed by atoms with Crippen LogP contribution in [0.15, 0.2) is 12.1 Å². The first-order chi connectivity index (χ1) is 13.7. The first-order valence-electron chi connectivity index (χ1n) is 11.2. The number of rotatable bonds is 6. The molecule has 1 aliphatic heterocycles. The third-order valence-electron chi connectivity index (χ3n) is 7.07. The first-order valence-corrected chi connectivity index (χ1v) is 11.2. The maximum Gasteiger partial charge on any atom is 0.270 e. The molecule has 0 aromatic carbocycles. The molecule has 162 valence electrons. The van der Waals surface area contributed by atoms with Crippen LogP contribution >= 0.6 is 0 Å². The van der Waals surface area contributed by atoms with Crippen LogP contribution in [0, 0.1) is 17.3 Å². The van der Waals surface area contributed by atoms with Gasteiger partial charge in [0, 0.05) is 38.3 Å². The lowest BCUT2D eigenvalue weighted by Crippen LogP contribution is -2.50. The summed E-state index contributed by atoms with van der Waals surface area (Å²) in [5.74, 6) is -0.0803. The Morgan fingerprint density at radius 3 is 2.52 bits per heavy atom. The molecule has 0 radical (unpaired) electrons. The SMILES string of the molecule is CCC(C)(C)C1CC[C@@H](N2CCN(c3ccc(C(=O)NC(C)C)nc3F)CC2)C1. The van der Waals surface area contributed by atoms with Gasteiger partial charge in [-0.25, -0.2) is 4.98 Å². The highest BCUT2D eigenvalue weighted by atomic mass is 19.1. The second-order valence-corrected chi connectivity index (χ2v) is 9.66. The molecule has 1 saturated heterocycles. The second-order valence-electron chi connectivity index (χ2n) is 9.66.